The summed E-state index contributed by atoms with van der Waals surface area (Å²) in [7, 11) is 2.00. The van der Waals surface area contributed by atoms with Crippen LogP contribution < -0.4 is 5.32 Å². The van der Waals surface area contributed by atoms with Crippen molar-refractivity contribution in [3.05, 3.63) is 16.1 Å². The van der Waals surface area contributed by atoms with Crippen LogP contribution in [0.15, 0.2) is 5.51 Å². The van der Waals surface area contributed by atoms with E-state index in [9.17, 15) is 0 Å². The molecule has 1 heterocycles. The molecule has 0 atom stereocenters. The zero-order valence-corrected chi connectivity index (χ0v) is 11.2. The summed E-state index contributed by atoms with van der Waals surface area (Å²) < 4.78 is 0. The first-order valence-corrected chi connectivity index (χ1v) is 6.20. The molecule has 0 saturated heterocycles. The van der Waals surface area contributed by atoms with Gasteiger partial charge >= 0.3 is 0 Å². The minimum atomic E-state index is 0.377. The number of aromatic nitrogens is 1. The molecule has 0 saturated carbocycles. The van der Waals surface area contributed by atoms with E-state index in [0.29, 0.717) is 6.04 Å². The van der Waals surface area contributed by atoms with Gasteiger partial charge in [0.1, 0.15) is 0 Å². The zero-order valence-electron chi connectivity index (χ0n) is 9.57. The molecule has 1 aromatic heterocycles. The minimum absolute atomic E-state index is 0.377. The molecular weight excluding hydrogens is 226 g/mol. The lowest BCUT2D eigenvalue weighted by molar-refractivity contribution is 0.483. The highest BCUT2D eigenvalue weighted by molar-refractivity contribution is 7.80. The van der Waals surface area contributed by atoms with Gasteiger partial charge in [0.25, 0.3) is 0 Å². The Morgan fingerprint density at radius 3 is 2.80 bits per heavy atom. The number of thiazole rings is 1. The lowest BCUT2D eigenvalue weighted by Gasteiger charge is -2.22. The van der Waals surface area contributed by atoms with E-state index in [4.69, 9.17) is 12.2 Å². The van der Waals surface area contributed by atoms with E-state index in [-0.39, 0.29) is 0 Å². The molecule has 0 unspecified atom stereocenters. The first-order chi connectivity index (χ1) is 7.00. The SMILES string of the molecule is Cc1ncsc1CN(C)C(=S)NC(C)C. The molecule has 0 aliphatic rings. The third kappa shape index (κ3) is 3.76. The van der Waals surface area contributed by atoms with Crippen LogP contribution in [-0.2, 0) is 6.54 Å². The molecule has 0 spiro atoms. The van der Waals surface area contributed by atoms with Crippen LogP contribution in [0.5, 0.6) is 0 Å². The second-order valence-electron chi connectivity index (χ2n) is 3.82. The van der Waals surface area contributed by atoms with E-state index in [1.54, 1.807) is 11.3 Å². The third-order valence-corrected chi connectivity index (χ3v) is 3.33. The minimum Gasteiger partial charge on any atom is -0.360 e. The molecule has 15 heavy (non-hydrogen) atoms. The van der Waals surface area contributed by atoms with Crippen LogP contribution in [-0.4, -0.2) is 28.1 Å². The van der Waals surface area contributed by atoms with E-state index in [0.717, 1.165) is 17.4 Å². The fourth-order valence-corrected chi connectivity index (χ4v) is 2.25. The summed E-state index contributed by atoms with van der Waals surface area (Å²) in [6, 6.07) is 0.377. The van der Waals surface area contributed by atoms with E-state index in [1.807, 2.05) is 24.4 Å². The fourth-order valence-electron chi connectivity index (χ4n) is 1.12. The molecule has 0 amide bonds. The summed E-state index contributed by atoms with van der Waals surface area (Å²) in [4.78, 5) is 7.52. The maximum Gasteiger partial charge on any atom is 0.169 e. The Hall–Kier alpha value is -0.680. The normalized spacial score (nSPS) is 10.5. The van der Waals surface area contributed by atoms with Crippen LogP contribution in [0.25, 0.3) is 0 Å². The highest BCUT2D eigenvalue weighted by Crippen LogP contribution is 2.14. The number of aryl methyl sites for hydroxylation is 1. The Morgan fingerprint density at radius 2 is 2.33 bits per heavy atom. The second kappa shape index (κ2) is 5.42. The second-order valence-corrected chi connectivity index (χ2v) is 5.15. The van der Waals surface area contributed by atoms with Gasteiger partial charge in [0, 0.05) is 18.0 Å². The molecule has 0 radical (unpaired) electrons. The highest BCUT2D eigenvalue weighted by Gasteiger charge is 2.09. The highest BCUT2D eigenvalue weighted by atomic mass is 32.1. The molecule has 0 aromatic carbocycles. The summed E-state index contributed by atoms with van der Waals surface area (Å²) in [5.74, 6) is 0. The monoisotopic (exact) mass is 243 g/mol. The molecule has 0 aliphatic carbocycles. The summed E-state index contributed by atoms with van der Waals surface area (Å²) in [5, 5.41) is 4.01. The van der Waals surface area contributed by atoms with Gasteiger partial charge in [0.05, 0.1) is 17.7 Å². The van der Waals surface area contributed by atoms with Crippen molar-refractivity contribution in [2.45, 2.75) is 33.4 Å². The number of hydrogen-bond donors (Lipinski definition) is 1. The number of thiocarbonyl (C=S) groups is 1. The van der Waals surface area contributed by atoms with Crippen LogP contribution in [0.3, 0.4) is 0 Å². The van der Waals surface area contributed by atoms with Crippen LogP contribution in [0.2, 0.25) is 0 Å². The lowest BCUT2D eigenvalue weighted by atomic mass is 10.4. The molecule has 1 rings (SSSR count). The molecule has 0 fully saturated rings. The summed E-state index contributed by atoms with van der Waals surface area (Å²) in [6.45, 7) is 7.02. The van der Waals surface area contributed by atoms with Gasteiger partial charge in [-0.25, -0.2) is 4.98 Å². The molecule has 5 heteroatoms. The van der Waals surface area contributed by atoms with Crippen molar-refractivity contribution in [3.63, 3.8) is 0 Å². The quantitative estimate of drug-likeness (QED) is 0.824. The van der Waals surface area contributed by atoms with Gasteiger partial charge in [0.15, 0.2) is 5.11 Å². The van der Waals surface area contributed by atoms with Gasteiger partial charge in [-0.2, -0.15) is 0 Å². The van der Waals surface area contributed by atoms with Gasteiger partial charge < -0.3 is 10.2 Å². The standard InChI is InChI=1S/C10H17N3S2/c1-7(2)12-10(14)13(4)5-9-8(3)11-6-15-9/h6-7H,5H2,1-4H3,(H,12,14). The fraction of sp³-hybridized carbons (Fsp3) is 0.600. The summed E-state index contributed by atoms with van der Waals surface area (Å²) in [6.07, 6.45) is 0. The molecule has 1 aromatic rings. The molecule has 0 aliphatic heterocycles. The van der Waals surface area contributed by atoms with Crippen molar-refractivity contribution in [2.24, 2.45) is 0 Å². The van der Waals surface area contributed by atoms with E-state index in [2.05, 4.69) is 24.1 Å². The first kappa shape index (κ1) is 12.4. The van der Waals surface area contributed by atoms with Crippen molar-refractivity contribution in [1.82, 2.24) is 15.2 Å². The van der Waals surface area contributed by atoms with Crippen molar-refractivity contribution < 1.29 is 0 Å². The molecule has 0 bridgehead atoms. The number of hydrogen-bond acceptors (Lipinski definition) is 3. The van der Waals surface area contributed by atoms with E-state index in [1.165, 1.54) is 4.88 Å². The van der Waals surface area contributed by atoms with Gasteiger partial charge in [-0.3, -0.25) is 0 Å². The first-order valence-electron chi connectivity index (χ1n) is 4.91. The maximum atomic E-state index is 5.27. The number of nitrogens with zero attached hydrogens (tertiary/aromatic N) is 2. The number of nitrogens with one attached hydrogen (secondary N) is 1. The summed E-state index contributed by atoms with van der Waals surface area (Å²) >= 11 is 6.94. The van der Waals surface area contributed by atoms with E-state index < -0.39 is 0 Å². The largest absolute Gasteiger partial charge is 0.360 e. The smallest absolute Gasteiger partial charge is 0.169 e. The predicted octanol–water partition coefficient (Wildman–Crippen LogP) is 2.17. The van der Waals surface area contributed by atoms with Crippen LogP contribution in [0.4, 0.5) is 0 Å². The van der Waals surface area contributed by atoms with Crippen molar-refractivity contribution in [1.29, 1.82) is 0 Å². The predicted molar refractivity (Wildman–Crippen MR) is 69.2 cm³/mol. The molecular formula is C10H17N3S2. The Balaban J connectivity index is 2.52. The molecule has 3 nitrogen and oxygen atoms in total. The van der Waals surface area contributed by atoms with Crippen LogP contribution in [0, 0.1) is 6.92 Å². The Morgan fingerprint density at radius 1 is 1.67 bits per heavy atom. The third-order valence-electron chi connectivity index (χ3n) is 1.98. The Bertz CT molecular complexity index is 333. The van der Waals surface area contributed by atoms with Gasteiger partial charge in [-0.05, 0) is 33.0 Å². The van der Waals surface area contributed by atoms with Crippen molar-refractivity contribution in [2.75, 3.05) is 7.05 Å². The number of rotatable bonds is 3. The topological polar surface area (TPSA) is 28.2 Å². The zero-order chi connectivity index (χ0) is 11.4. The Kier molecular flexibility index (Phi) is 4.47. The molecule has 84 valence electrons. The Labute approximate surface area is 101 Å². The van der Waals surface area contributed by atoms with Crippen LogP contribution >= 0.6 is 23.6 Å². The van der Waals surface area contributed by atoms with Gasteiger partial charge in [-0.1, -0.05) is 0 Å². The van der Waals surface area contributed by atoms with Gasteiger partial charge in [-0.15, -0.1) is 11.3 Å². The van der Waals surface area contributed by atoms with Crippen molar-refractivity contribution in [3.8, 4) is 0 Å². The molecule has 1 N–H and O–H groups in total. The van der Waals surface area contributed by atoms with Gasteiger partial charge in [0.2, 0.25) is 0 Å². The lowest BCUT2D eigenvalue weighted by Crippen LogP contribution is -2.40. The van der Waals surface area contributed by atoms with E-state index >= 15 is 0 Å². The van der Waals surface area contributed by atoms with Crippen molar-refractivity contribution >= 4 is 28.7 Å². The average Bonchev–Trinajstić information content (AvgIpc) is 2.50. The maximum absolute atomic E-state index is 5.27. The van der Waals surface area contributed by atoms with Crippen LogP contribution in [0.1, 0.15) is 24.4 Å². The summed E-state index contributed by atoms with van der Waals surface area (Å²) in [5.41, 5.74) is 2.97. The average molecular weight is 243 g/mol.